The number of benzene rings is 1. The third kappa shape index (κ3) is 5.06. The predicted molar refractivity (Wildman–Crippen MR) is 63.5 cm³/mol. The van der Waals surface area contributed by atoms with Gasteiger partial charge in [0.05, 0.1) is 6.07 Å². The van der Waals surface area contributed by atoms with Gasteiger partial charge in [-0.05, 0) is 11.6 Å². The number of halogens is 3. The predicted octanol–water partition coefficient (Wildman–Crippen LogP) is 3.05. The fraction of sp³-hybridized carbons (Fsp3) is 0.364. The zero-order valence-electron chi connectivity index (χ0n) is 10.1. The van der Waals surface area contributed by atoms with Crippen LogP contribution < -0.4 is 10.1 Å². The summed E-state index contributed by atoms with van der Waals surface area (Å²) in [6.45, 7) is 0.236. The number of ether oxygens (including phenoxy) is 1. The van der Waals surface area contributed by atoms with E-state index < -0.39 is 18.2 Å². The maximum Gasteiger partial charge on any atom is 0.573 e. The molecule has 1 aromatic rings. The summed E-state index contributed by atoms with van der Waals surface area (Å²) in [5.74, 6) is -0.442. The number of nitrogens with one attached hydrogen (secondary N) is 1. The van der Waals surface area contributed by atoms with Crippen molar-refractivity contribution >= 4 is 0 Å². The van der Waals surface area contributed by atoms with Crippen LogP contribution in [0.25, 0.3) is 10.4 Å². The number of alkyl halides is 3. The third-order valence-corrected chi connectivity index (χ3v) is 2.21. The SMILES string of the molecule is N#CC(NCCN=[N+]=[N-])c1ccccc1OC(F)(F)F. The summed E-state index contributed by atoms with van der Waals surface area (Å²) in [4.78, 5) is 2.53. The first kappa shape index (κ1) is 15.6. The van der Waals surface area contributed by atoms with Gasteiger partial charge < -0.3 is 4.74 Å². The smallest absolute Gasteiger partial charge is 0.405 e. The van der Waals surface area contributed by atoms with E-state index in [0.29, 0.717) is 0 Å². The topological polar surface area (TPSA) is 93.8 Å². The van der Waals surface area contributed by atoms with Crippen LogP contribution in [0.4, 0.5) is 13.2 Å². The number of para-hydroxylation sites is 1. The molecule has 9 heteroatoms. The Bertz CT molecular complexity index is 534. The third-order valence-electron chi connectivity index (χ3n) is 2.21. The van der Waals surface area contributed by atoms with Crippen molar-refractivity contribution in [3.05, 3.63) is 40.3 Å². The molecule has 1 rings (SSSR count). The quantitative estimate of drug-likeness (QED) is 0.376. The van der Waals surface area contributed by atoms with E-state index in [1.807, 2.05) is 6.07 Å². The van der Waals surface area contributed by atoms with Gasteiger partial charge in [-0.3, -0.25) is 5.32 Å². The fourth-order valence-electron chi connectivity index (χ4n) is 1.47. The molecule has 0 amide bonds. The van der Waals surface area contributed by atoms with Crippen LogP contribution in [-0.4, -0.2) is 19.5 Å². The lowest BCUT2D eigenvalue weighted by Crippen LogP contribution is -2.25. The highest BCUT2D eigenvalue weighted by atomic mass is 19.4. The van der Waals surface area contributed by atoms with E-state index in [1.54, 1.807) is 0 Å². The maximum atomic E-state index is 12.3. The molecule has 0 aliphatic rings. The standard InChI is InChI=1S/C11H10F3N5O/c12-11(13,14)20-10-4-2-1-3-8(10)9(7-15)17-5-6-18-19-16/h1-4,9,17H,5-6H2. The summed E-state index contributed by atoms with van der Waals surface area (Å²) in [5, 5.41) is 14.9. The maximum absolute atomic E-state index is 12.3. The number of nitriles is 1. The first-order chi connectivity index (χ1) is 9.48. The molecular weight excluding hydrogens is 275 g/mol. The van der Waals surface area contributed by atoms with Gasteiger partial charge in [-0.15, -0.1) is 13.2 Å². The van der Waals surface area contributed by atoms with Crippen LogP contribution in [-0.2, 0) is 0 Å². The first-order valence-electron chi connectivity index (χ1n) is 5.46. The van der Waals surface area contributed by atoms with Gasteiger partial charge in [0, 0.05) is 23.6 Å². The lowest BCUT2D eigenvalue weighted by atomic mass is 10.1. The van der Waals surface area contributed by atoms with Crippen molar-refractivity contribution in [3.63, 3.8) is 0 Å². The van der Waals surface area contributed by atoms with Gasteiger partial charge in [-0.1, -0.05) is 23.3 Å². The number of nitrogens with zero attached hydrogens (tertiary/aromatic N) is 4. The molecule has 6 nitrogen and oxygen atoms in total. The Morgan fingerprint density at radius 2 is 2.15 bits per heavy atom. The van der Waals surface area contributed by atoms with Crippen LogP contribution >= 0.6 is 0 Å². The monoisotopic (exact) mass is 285 g/mol. The number of hydrogen-bond donors (Lipinski definition) is 1. The molecule has 0 heterocycles. The molecule has 20 heavy (non-hydrogen) atoms. The highest BCUT2D eigenvalue weighted by Gasteiger charge is 2.32. The van der Waals surface area contributed by atoms with Crippen molar-refractivity contribution in [2.45, 2.75) is 12.4 Å². The zero-order chi connectivity index (χ0) is 15.0. The summed E-state index contributed by atoms with van der Waals surface area (Å²) in [6.07, 6.45) is -4.83. The second-order valence-electron chi connectivity index (χ2n) is 3.56. The van der Waals surface area contributed by atoms with E-state index >= 15 is 0 Å². The van der Waals surface area contributed by atoms with Crippen LogP contribution in [0, 0.1) is 11.3 Å². The molecule has 0 bridgehead atoms. The summed E-state index contributed by atoms with van der Waals surface area (Å²) in [5.41, 5.74) is 8.16. The van der Waals surface area contributed by atoms with Crippen molar-refractivity contribution in [2.24, 2.45) is 5.11 Å². The van der Waals surface area contributed by atoms with Crippen molar-refractivity contribution < 1.29 is 17.9 Å². The average molecular weight is 285 g/mol. The molecule has 0 aliphatic carbocycles. The summed E-state index contributed by atoms with van der Waals surface area (Å²) in [7, 11) is 0. The van der Waals surface area contributed by atoms with Crippen molar-refractivity contribution in [1.29, 1.82) is 5.26 Å². The first-order valence-corrected chi connectivity index (χ1v) is 5.46. The molecule has 0 aliphatic heterocycles. The molecule has 0 fully saturated rings. The molecule has 1 atom stereocenters. The molecule has 0 aromatic heterocycles. The van der Waals surface area contributed by atoms with Crippen LogP contribution in [0.5, 0.6) is 5.75 Å². The Morgan fingerprint density at radius 3 is 2.75 bits per heavy atom. The number of azide groups is 1. The Balaban J connectivity index is 2.86. The minimum atomic E-state index is -4.83. The van der Waals surface area contributed by atoms with Crippen LogP contribution in [0.1, 0.15) is 11.6 Å². The van der Waals surface area contributed by atoms with E-state index in [-0.39, 0.29) is 18.7 Å². The Hall–Kier alpha value is -2.43. The molecule has 0 saturated carbocycles. The second-order valence-corrected chi connectivity index (χ2v) is 3.56. The molecular formula is C11H10F3N5O. The highest BCUT2D eigenvalue weighted by Crippen LogP contribution is 2.29. The number of rotatable bonds is 6. The lowest BCUT2D eigenvalue weighted by Gasteiger charge is -2.17. The molecule has 1 aromatic carbocycles. The van der Waals surface area contributed by atoms with Crippen molar-refractivity contribution in [2.75, 3.05) is 13.1 Å². The molecule has 0 spiro atoms. The van der Waals surface area contributed by atoms with Crippen molar-refractivity contribution in [3.8, 4) is 11.8 Å². The van der Waals surface area contributed by atoms with E-state index in [4.69, 9.17) is 10.8 Å². The van der Waals surface area contributed by atoms with E-state index in [0.717, 1.165) is 6.07 Å². The zero-order valence-corrected chi connectivity index (χ0v) is 10.1. The minimum absolute atomic E-state index is 0.0632. The Kier molecular flexibility index (Phi) is 5.65. The minimum Gasteiger partial charge on any atom is -0.405 e. The summed E-state index contributed by atoms with van der Waals surface area (Å²) in [6, 6.07) is 6.19. The normalized spacial score (nSPS) is 12.1. The second kappa shape index (κ2) is 7.23. The number of hydrogen-bond acceptors (Lipinski definition) is 4. The largest absolute Gasteiger partial charge is 0.573 e. The summed E-state index contributed by atoms with van der Waals surface area (Å²) < 4.78 is 40.7. The van der Waals surface area contributed by atoms with Gasteiger partial charge in [0.15, 0.2) is 0 Å². The van der Waals surface area contributed by atoms with Gasteiger partial charge in [-0.2, -0.15) is 5.26 Å². The van der Waals surface area contributed by atoms with Crippen LogP contribution in [0.3, 0.4) is 0 Å². The molecule has 0 saturated heterocycles. The van der Waals surface area contributed by atoms with Crippen LogP contribution in [0.2, 0.25) is 0 Å². The van der Waals surface area contributed by atoms with Gasteiger partial charge >= 0.3 is 6.36 Å². The highest BCUT2D eigenvalue weighted by molar-refractivity contribution is 5.38. The molecule has 1 N–H and O–H groups in total. The van der Waals surface area contributed by atoms with Crippen molar-refractivity contribution in [1.82, 2.24) is 5.32 Å². The molecule has 1 unspecified atom stereocenters. The van der Waals surface area contributed by atoms with E-state index in [9.17, 15) is 13.2 Å². The average Bonchev–Trinajstić information content (AvgIpc) is 2.38. The summed E-state index contributed by atoms with van der Waals surface area (Å²) >= 11 is 0. The fourth-order valence-corrected chi connectivity index (χ4v) is 1.47. The van der Waals surface area contributed by atoms with Gasteiger partial charge in [0.1, 0.15) is 11.8 Å². The van der Waals surface area contributed by atoms with E-state index in [1.165, 1.54) is 18.2 Å². The van der Waals surface area contributed by atoms with Gasteiger partial charge in [-0.25, -0.2) is 0 Å². The van der Waals surface area contributed by atoms with Crippen LogP contribution in [0.15, 0.2) is 29.4 Å². The van der Waals surface area contributed by atoms with Gasteiger partial charge in [0.2, 0.25) is 0 Å². The Morgan fingerprint density at radius 1 is 1.45 bits per heavy atom. The van der Waals surface area contributed by atoms with E-state index in [2.05, 4.69) is 20.1 Å². The Labute approximate surface area is 112 Å². The molecule has 0 radical (unpaired) electrons. The van der Waals surface area contributed by atoms with Gasteiger partial charge in [0.25, 0.3) is 0 Å². The molecule has 106 valence electrons. The lowest BCUT2D eigenvalue weighted by molar-refractivity contribution is -0.274.